The van der Waals surface area contributed by atoms with Crippen molar-refractivity contribution in [1.82, 2.24) is 10.3 Å². The summed E-state index contributed by atoms with van der Waals surface area (Å²) in [6.07, 6.45) is -0.662. The molecule has 10 heteroatoms. The monoisotopic (exact) mass is 489 g/mol. The van der Waals surface area contributed by atoms with Crippen LogP contribution in [-0.4, -0.2) is 34.7 Å². The van der Waals surface area contributed by atoms with E-state index in [9.17, 15) is 14.4 Å². The maximum atomic E-state index is 12.4. The van der Waals surface area contributed by atoms with Gasteiger partial charge in [-0.2, -0.15) is 0 Å². The van der Waals surface area contributed by atoms with Crippen LogP contribution in [0.1, 0.15) is 43.8 Å². The third kappa shape index (κ3) is 4.64. The van der Waals surface area contributed by atoms with Crippen molar-refractivity contribution in [3.8, 4) is 11.1 Å². The van der Waals surface area contributed by atoms with Crippen molar-refractivity contribution in [3.05, 3.63) is 94.4 Å². The van der Waals surface area contributed by atoms with Crippen LogP contribution in [0, 0.1) is 0 Å². The lowest BCUT2D eigenvalue weighted by atomic mass is 9.98. The molecule has 1 aliphatic carbocycles. The topological polar surface area (TPSA) is 131 Å². The zero-order valence-electron chi connectivity index (χ0n) is 18.2. The van der Waals surface area contributed by atoms with Crippen molar-refractivity contribution in [2.45, 2.75) is 12.5 Å². The fraction of sp³-hybridized carbons (Fsp3) is 0.120. The van der Waals surface area contributed by atoms with E-state index in [0.29, 0.717) is 5.76 Å². The first-order chi connectivity index (χ1) is 17.0. The third-order valence-electron chi connectivity index (χ3n) is 5.59. The first-order valence-electron chi connectivity index (χ1n) is 10.7. The number of furan rings is 1. The van der Waals surface area contributed by atoms with Crippen molar-refractivity contribution in [2.24, 2.45) is 0 Å². The highest BCUT2D eigenvalue weighted by Gasteiger charge is 2.29. The Morgan fingerprint density at radius 2 is 1.69 bits per heavy atom. The summed E-state index contributed by atoms with van der Waals surface area (Å²) in [5, 5.41) is 15.8. The Balaban J connectivity index is 1.16. The second-order valence-electron chi connectivity index (χ2n) is 7.74. The average Bonchev–Trinajstić information content (AvgIpc) is 3.59. The molecule has 2 aromatic carbocycles. The third-order valence-corrected chi connectivity index (χ3v) is 6.34. The number of carboxylic acid groups (broad SMARTS) is 1. The maximum Gasteiger partial charge on any atom is 0.413 e. The van der Waals surface area contributed by atoms with Gasteiger partial charge in [0.2, 0.25) is 5.76 Å². The normalized spacial score (nSPS) is 12.0. The minimum Gasteiger partial charge on any atom is -0.475 e. The molecule has 0 saturated heterocycles. The summed E-state index contributed by atoms with van der Waals surface area (Å²) in [6, 6.07) is 18.9. The molecule has 2 aromatic heterocycles. The van der Waals surface area contributed by atoms with Crippen molar-refractivity contribution in [1.29, 1.82) is 0 Å². The number of hydrogen-bond acceptors (Lipinski definition) is 7. The van der Waals surface area contributed by atoms with Gasteiger partial charge in [0, 0.05) is 11.3 Å². The maximum absolute atomic E-state index is 12.4. The van der Waals surface area contributed by atoms with Crippen molar-refractivity contribution in [3.63, 3.8) is 0 Å². The van der Waals surface area contributed by atoms with Crippen LogP contribution in [0.25, 0.3) is 11.1 Å². The number of aromatic nitrogens is 1. The van der Waals surface area contributed by atoms with E-state index in [1.54, 1.807) is 0 Å². The molecule has 0 unspecified atom stereocenters. The van der Waals surface area contributed by atoms with Crippen LogP contribution < -0.4 is 10.6 Å². The van der Waals surface area contributed by atoms with Crippen molar-refractivity contribution >= 4 is 34.4 Å². The molecular weight excluding hydrogens is 470 g/mol. The van der Waals surface area contributed by atoms with E-state index in [4.69, 9.17) is 14.3 Å². The molecule has 4 aromatic rings. The second kappa shape index (κ2) is 9.43. The Labute approximate surface area is 203 Å². The molecule has 2 heterocycles. The van der Waals surface area contributed by atoms with Gasteiger partial charge >= 0.3 is 12.1 Å². The Hall–Kier alpha value is -4.44. The number of benzene rings is 2. The highest BCUT2D eigenvalue weighted by molar-refractivity contribution is 7.14. The predicted octanol–water partition coefficient (Wildman–Crippen LogP) is 4.73. The van der Waals surface area contributed by atoms with E-state index in [-0.39, 0.29) is 35.7 Å². The Morgan fingerprint density at radius 3 is 2.34 bits per heavy atom. The van der Waals surface area contributed by atoms with Crippen LogP contribution in [0.3, 0.4) is 0 Å². The molecule has 176 valence electrons. The molecule has 9 nitrogen and oxygen atoms in total. The number of carboxylic acids is 1. The van der Waals surface area contributed by atoms with Gasteiger partial charge in [-0.3, -0.25) is 10.1 Å². The van der Waals surface area contributed by atoms with Gasteiger partial charge in [0.1, 0.15) is 18.1 Å². The molecule has 0 fully saturated rings. The van der Waals surface area contributed by atoms with Gasteiger partial charge in [-0.05, 0) is 34.4 Å². The molecule has 0 spiro atoms. The summed E-state index contributed by atoms with van der Waals surface area (Å²) in [5.41, 5.74) is 4.61. The summed E-state index contributed by atoms with van der Waals surface area (Å²) in [7, 11) is 0. The predicted molar refractivity (Wildman–Crippen MR) is 128 cm³/mol. The number of carbonyl (C=O) groups excluding carboxylic acids is 2. The molecule has 0 atom stereocenters. The molecule has 1 aliphatic rings. The molecule has 3 N–H and O–H groups in total. The number of hydrogen-bond donors (Lipinski definition) is 3. The quantitative estimate of drug-likeness (QED) is 0.342. The smallest absolute Gasteiger partial charge is 0.413 e. The van der Waals surface area contributed by atoms with Crippen LogP contribution in [-0.2, 0) is 11.3 Å². The minimum absolute atomic E-state index is 0.00121. The summed E-state index contributed by atoms with van der Waals surface area (Å²) in [5.74, 6) is -1.66. The lowest BCUT2D eigenvalue weighted by Gasteiger charge is -2.14. The fourth-order valence-electron chi connectivity index (χ4n) is 4.00. The summed E-state index contributed by atoms with van der Waals surface area (Å²) >= 11 is 1.09. The van der Waals surface area contributed by atoms with E-state index in [2.05, 4.69) is 27.8 Å². The van der Waals surface area contributed by atoms with Gasteiger partial charge in [-0.15, -0.1) is 11.3 Å². The van der Waals surface area contributed by atoms with Gasteiger partial charge in [0.05, 0.1) is 6.54 Å². The standard InChI is InChI=1S/C25H19N3O6S/c29-22(26-11-14-9-10-21(34-14)23(30)31)20-13-35-24(27-20)28-25(32)33-12-19-17-7-3-1-5-15(17)16-6-2-4-8-18(16)19/h1-10,13,19H,11-12H2,(H,26,29)(H,30,31)(H,27,28,32). The van der Waals surface area contributed by atoms with Gasteiger partial charge in [0.15, 0.2) is 5.13 Å². The number of nitrogens with zero attached hydrogens (tertiary/aromatic N) is 1. The van der Waals surface area contributed by atoms with Crippen LogP contribution in [0.4, 0.5) is 9.93 Å². The summed E-state index contributed by atoms with van der Waals surface area (Å²) in [4.78, 5) is 39.7. The van der Waals surface area contributed by atoms with Crippen LogP contribution in [0.5, 0.6) is 0 Å². The van der Waals surface area contributed by atoms with Crippen LogP contribution in [0.2, 0.25) is 0 Å². The fourth-order valence-corrected chi connectivity index (χ4v) is 4.68. The number of anilines is 1. The van der Waals surface area contributed by atoms with Gasteiger partial charge in [0.25, 0.3) is 5.91 Å². The number of amides is 2. The number of ether oxygens (including phenoxy) is 1. The van der Waals surface area contributed by atoms with Crippen LogP contribution in [0.15, 0.2) is 70.5 Å². The molecule has 0 bridgehead atoms. The van der Waals surface area contributed by atoms with Crippen molar-refractivity contribution in [2.75, 3.05) is 11.9 Å². The van der Waals surface area contributed by atoms with Crippen LogP contribution >= 0.6 is 11.3 Å². The second-order valence-corrected chi connectivity index (χ2v) is 8.60. The molecule has 0 radical (unpaired) electrons. The van der Waals surface area contributed by atoms with E-state index in [0.717, 1.165) is 33.6 Å². The van der Waals surface area contributed by atoms with Gasteiger partial charge in [-0.25, -0.2) is 14.6 Å². The lowest BCUT2D eigenvalue weighted by Crippen LogP contribution is -2.23. The molecular formula is C25H19N3O6S. The Kier molecular flexibility index (Phi) is 6.02. The largest absolute Gasteiger partial charge is 0.475 e. The first-order valence-corrected chi connectivity index (χ1v) is 11.6. The first kappa shape index (κ1) is 22.4. The number of fused-ring (bicyclic) bond motifs is 3. The zero-order valence-corrected chi connectivity index (χ0v) is 19.0. The number of thiazole rings is 1. The molecule has 0 aliphatic heterocycles. The number of rotatable bonds is 7. The van der Waals surface area contributed by atoms with Crippen molar-refractivity contribution < 1.29 is 28.6 Å². The van der Waals surface area contributed by atoms with E-state index < -0.39 is 18.0 Å². The van der Waals surface area contributed by atoms with Gasteiger partial charge in [-0.1, -0.05) is 48.5 Å². The lowest BCUT2D eigenvalue weighted by molar-refractivity contribution is 0.0660. The number of aromatic carboxylic acids is 1. The molecule has 5 rings (SSSR count). The average molecular weight is 490 g/mol. The highest BCUT2D eigenvalue weighted by atomic mass is 32.1. The van der Waals surface area contributed by atoms with Gasteiger partial charge < -0.3 is 19.6 Å². The zero-order chi connectivity index (χ0) is 24.4. The Bertz CT molecular complexity index is 1380. The molecule has 35 heavy (non-hydrogen) atoms. The molecule has 2 amide bonds. The molecule has 0 saturated carbocycles. The minimum atomic E-state index is -1.19. The summed E-state index contributed by atoms with van der Waals surface area (Å²) in [6.45, 7) is 0.166. The Morgan fingerprint density at radius 1 is 1.00 bits per heavy atom. The van der Waals surface area contributed by atoms with E-state index >= 15 is 0 Å². The number of nitrogens with one attached hydrogen (secondary N) is 2. The van der Waals surface area contributed by atoms with E-state index in [1.165, 1.54) is 17.5 Å². The highest BCUT2D eigenvalue weighted by Crippen LogP contribution is 2.44. The summed E-state index contributed by atoms with van der Waals surface area (Å²) < 4.78 is 10.6. The number of carbonyl (C=O) groups is 3. The van der Waals surface area contributed by atoms with E-state index in [1.807, 2.05) is 36.4 Å². The SMILES string of the molecule is O=C(Nc1nc(C(=O)NCc2ccc(C(=O)O)o2)cs1)OCC1c2ccccc2-c2ccccc21.